The average molecular weight is 249 g/mol. The van der Waals surface area contributed by atoms with E-state index in [0.717, 1.165) is 17.9 Å². The van der Waals surface area contributed by atoms with Crippen molar-refractivity contribution < 1.29 is 0 Å². The molecule has 1 aromatic heterocycles. The minimum absolute atomic E-state index is 0.737. The van der Waals surface area contributed by atoms with Crippen molar-refractivity contribution in [2.45, 2.75) is 6.54 Å². The van der Waals surface area contributed by atoms with Crippen LogP contribution in [0.25, 0.3) is 0 Å². The molecule has 2 aromatic carbocycles. The number of rotatable bonds is 4. The van der Waals surface area contributed by atoms with Crippen molar-refractivity contribution in [1.29, 1.82) is 0 Å². The lowest BCUT2D eigenvalue weighted by atomic mass is 10.2. The molecule has 1 N–H and O–H groups in total. The van der Waals surface area contributed by atoms with Gasteiger partial charge >= 0.3 is 0 Å². The molecule has 19 heavy (non-hydrogen) atoms. The summed E-state index contributed by atoms with van der Waals surface area (Å²) in [6, 6.07) is 19.0. The Hall–Kier alpha value is -2.62. The van der Waals surface area contributed by atoms with Crippen LogP contribution < -0.4 is 5.32 Å². The van der Waals surface area contributed by atoms with Gasteiger partial charge in [-0.2, -0.15) is 0 Å². The van der Waals surface area contributed by atoms with Gasteiger partial charge in [-0.25, -0.2) is 4.68 Å². The third kappa shape index (κ3) is 2.98. The molecule has 0 spiro atoms. The van der Waals surface area contributed by atoms with Gasteiger partial charge in [0.25, 0.3) is 0 Å². The molecule has 4 nitrogen and oxygen atoms in total. The second-order valence-electron chi connectivity index (χ2n) is 4.21. The quantitative estimate of drug-likeness (QED) is 0.773. The highest BCUT2D eigenvalue weighted by Crippen LogP contribution is 2.16. The number of anilines is 2. The molecular weight excluding hydrogens is 236 g/mol. The predicted octanol–water partition coefficient (Wildman–Crippen LogP) is 2.87. The smallest absolute Gasteiger partial charge is 0.0693 e. The van der Waals surface area contributed by atoms with E-state index in [1.54, 1.807) is 10.9 Å². The Kier molecular flexibility index (Phi) is 3.23. The molecule has 0 atom stereocenters. The van der Waals surface area contributed by atoms with Gasteiger partial charge in [0.05, 0.1) is 12.7 Å². The lowest BCUT2D eigenvalue weighted by Gasteiger charge is -2.07. The van der Waals surface area contributed by atoms with Crippen LogP contribution in [0, 0.1) is 6.07 Å². The van der Waals surface area contributed by atoms with Crippen molar-refractivity contribution in [3.8, 4) is 0 Å². The first-order valence-corrected chi connectivity index (χ1v) is 6.06. The molecule has 0 saturated heterocycles. The van der Waals surface area contributed by atoms with E-state index in [1.165, 1.54) is 5.56 Å². The first-order chi connectivity index (χ1) is 9.40. The number of aromatic nitrogens is 3. The molecule has 4 heteroatoms. The van der Waals surface area contributed by atoms with E-state index in [9.17, 15) is 0 Å². The minimum Gasteiger partial charge on any atom is -0.356 e. The van der Waals surface area contributed by atoms with Crippen molar-refractivity contribution in [3.63, 3.8) is 0 Å². The van der Waals surface area contributed by atoms with Crippen LogP contribution in [0.4, 0.5) is 11.4 Å². The van der Waals surface area contributed by atoms with Gasteiger partial charge < -0.3 is 5.32 Å². The van der Waals surface area contributed by atoms with Crippen LogP contribution in [-0.2, 0) is 6.54 Å². The fourth-order valence-electron chi connectivity index (χ4n) is 1.83. The van der Waals surface area contributed by atoms with Gasteiger partial charge in [0, 0.05) is 17.6 Å². The van der Waals surface area contributed by atoms with Crippen LogP contribution in [0.2, 0.25) is 0 Å². The summed E-state index contributed by atoms with van der Waals surface area (Å²) in [5, 5.41) is 11.1. The largest absolute Gasteiger partial charge is 0.356 e. The summed E-state index contributed by atoms with van der Waals surface area (Å²) in [6.45, 7) is 0.737. The van der Waals surface area contributed by atoms with E-state index in [0.29, 0.717) is 0 Å². The number of hydrogen-bond acceptors (Lipinski definition) is 3. The Morgan fingerprint density at radius 3 is 2.42 bits per heavy atom. The second-order valence-corrected chi connectivity index (χ2v) is 4.21. The Bertz CT molecular complexity index is 615. The second kappa shape index (κ2) is 5.35. The van der Waals surface area contributed by atoms with Crippen LogP contribution in [0.5, 0.6) is 0 Å². The molecule has 0 aliphatic heterocycles. The Morgan fingerprint density at radius 1 is 1.00 bits per heavy atom. The molecule has 1 radical (unpaired) electrons. The molecular formula is C15H13N4. The van der Waals surface area contributed by atoms with Gasteiger partial charge in [0.2, 0.25) is 0 Å². The molecule has 0 aliphatic rings. The molecule has 0 aliphatic carbocycles. The molecule has 0 saturated carbocycles. The van der Waals surface area contributed by atoms with Crippen molar-refractivity contribution in [2.24, 2.45) is 0 Å². The average Bonchev–Trinajstić information content (AvgIpc) is 2.95. The molecule has 0 amide bonds. The maximum Gasteiger partial charge on any atom is 0.0693 e. The zero-order chi connectivity index (χ0) is 12.9. The van der Waals surface area contributed by atoms with Crippen LogP contribution in [0.1, 0.15) is 5.56 Å². The summed E-state index contributed by atoms with van der Waals surface area (Å²) in [5.74, 6) is 0. The summed E-state index contributed by atoms with van der Waals surface area (Å²) in [6.07, 6.45) is 3.54. The zero-order valence-electron chi connectivity index (χ0n) is 10.3. The highest BCUT2D eigenvalue weighted by Gasteiger charge is 1.97. The molecule has 0 unspecified atom stereocenters. The monoisotopic (exact) mass is 249 g/mol. The van der Waals surface area contributed by atoms with Gasteiger partial charge in [0.1, 0.15) is 0 Å². The fraction of sp³-hybridized carbons (Fsp3) is 0.0667. The molecule has 0 bridgehead atoms. The Morgan fingerprint density at radius 2 is 1.74 bits per heavy atom. The van der Waals surface area contributed by atoms with Crippen LogP contribution in [0.15, 0.2) is 60.9 Å². The van der Waals surface area contributed by atoms with Gasteiger partial charge in [-0.15, -0.1) is 5.10 Å². The first-order valence-electron chi connectivity index (χ1n) is 6.06. The summed E-state index contributed by atoms with van der Waals surface area (Å²) in [4.78, 5) is 0. The van der Waals surface area contributed by atoms with Crippen molar-refractivity contribution in [3.05, 3.63) is 72.6 Å². The van der Waals surface area contributed by atoms with Gasteiger partial charge in [-0.05, 0) is 35.9 Å². The standard InChI is InChI=1S/C15H13N4/c1-2-4-14(5-3-1)17-15-8-6-13(7-9-15)12-19-11-10-16-18-19/h2-11,17H,12H2. The number of benzene rings is 2. The van der Waals surface area contributed by atoms with Crippen LogP contribution >= 0.6 is 0 Å². The Labute approximate surface area is 111 Å². The highest BCUT2D eigenvalue weighted by atomic mass is 15.4. The van der Waals surface area contributed by atoms with E-state index in [1.807, 2.05) is 30.5 Å². The predicted molar refractivity (Wildman–Crippen MR) is 74.1 cm³/mol. The lowest BCUT2D eigenvalue weighted by molar-refractivity contribution is 0.650. The van der Waals surface area contributed by atoms with E-state index in [4.69, 9.17) is 0 Å². The van der Waals surface area contributed by atoms with Crippen LogP contribution in [0.3, 0.4) is 0 Å². The maximum absolute atomic E-state index is 3.95. The summed E-state index contributed by atoms with van der Waals surface area (Å²) >= 11 is 0. The van der Waals surface area contributed by atoms with E-state index in [-0.39, 0.29) is 0 Å². The number of nitrogens with zero attached hydrogens (tertiary/aromatic N) is 3. The molecule has 93 valence electrons. The highest BCUT2D eigenvalue weighted by molar-refractivity contribution is 5.59. The fourth-order valence-corrected chi connectivity index (χ4v) is 1.83. The van der Waals surface area contributed by atoms with Gasteiger partial charge in [0.15, 0.2) is 0 Å². The molecule has 1 heterocycles. The van der Waals surface area contributed by atoms with Crippen LogP contribution in [-0.4, -0.2) is 15.0 Å². The lowest BCUT2D eigenvalue weighted by Crippen LogP contribution is -2.00. The Balaban J connectivity index is 1.69. The van der Waals surface area contributed by atoms with Crippen molar-refractivity contribution >= 4 is 11.4 Å². The topological polar surface area (TPSA) is 42.7 Å². The molecule has 3 rings (SSSR count). The summed E-state index contributed by atoms with van der Waals surface area (Å²) in [5.41, 5.74) is 3.31. The maximum atomic E-state index is 3.95. The van der Waals surface area contributed by atoms with E-state index >= 15 is 0 Å². The molecule has 3 aromatic rings. The van der Waals surface area contributed by atoms with Gasteiger partial charge in [-0.3, -0.25) is 0 Å². The first kappa shape index (κ1) is 11.5. The normalized spacial score (nSPS) is 10.3. The minimum atomic E-state index is 0.737. The van der Waals surface area contributed by atoms with Crippen molar-refractivity contribution in [2.75, 3.05) is 5.32 Å². The van der Waals surface area contributed by atoms with Gasteiger partial charge in [-0.1, -0.05) is 29.5 Å². The SMILES string of the molecule is [c]1ccc(Nc2ccc(Cn3ccnn3)cc2)cc1. The third-order valence-corrected chi connectivity index (χ3v) is 2.78. The number of hydrogen-bond donors (Lipinski definition) is 1. The van der Waals surface area contributed by atoms with E-state index < -0.39 is 0 Å². The van der Waals surface area contributed by atoms with E-state index in [2.05, 4.69) is 46.0 Å². The summed E-state index contributed by atoms with van der Waals surface area (Å²) < 4.78 is 1.80. The van der Waals surface area contributed by atoms with Crippen molar-refractivity contribution in [1.82, 2.24) is 15.0 Å². The summed E-state index contributed by atoms with van der Waals surface area (Å²) in [7, 11) is 0. The zero-order valence-corrected chi connectivity index (χ0v) is 10.3. The third-order valence-electron chi connectivity index (χ3n) is 2.78. The number of nitrogens with one attached hydrogen (secondary N) is 1. The molecule has 0 fully saturated rings.